The van der Waals surface area contributed by atoms with Crippen LogP contribution in [-0.4, -0.2) is 64.5 Å². The topological polar surface area (TPSA) is 105 Å². The molecular weight excluding hydrogens is 393 g/mol. The monoisotopic (exact) mass is 417 g/mol. The van der Waals surface area contributed by atoms with Gasteiger partial charge in [-0.3, -0.25) is 9.69 Å². The zero-order valence-electron chi connectivity index (χ0n) is 16.7. The largest absolute Gasteiger partial charge is 0.442 e. The fraction of sp³-hybridized carbons (Fsp3) is 0.526. The number of tetrazole rings is 1. The van der Waals surface area contributed by atoms with Crippen molar-refractivity contribution in [1.29, 1.82) is 0 Å². The Bertz CT molecular complexity index is 900. The maximum absolute atomic E-state index is 14.9. The Balaban J connectivity index is 1.38. The van der Waals surface area contributed by atoms with Gasteiger partial charge in [0.1, 0.15) is 11.9 Å². The van der Waals surface area contributed by atoms with Crippen LogP contribution in [0.1, 0.15) is 32.2 Å². The maximum atomic E-state index is 14.9. The van der Waals surface area contributed by atoms with E-state index in [0.29, 0.717) is 30.9 Å². The first-order chi connectivity index (χ1) is 14.5. The van der Waals surface area contributed by atoms with Gasteiger partial charge in [-0.1, -0.05) is 6.92 Å². The Hall–Kier alpha value is -3.24. The Labute approximate surface area is 173 Å². The number of amides is 2. The van der Waals surface area contributed by atoms with Crippen LogP contribution in [0.2, 0.25) is 0 Å². The first-order valence-corrected chi connectivity index (χ1v) is 10.1. The van der Waals surface area contributed by atoms with Crippen LogP contribution in [0.5, 0.6) is 0 Å². The molecule has 2 aliphatic rings. The Morgan fingerprint density at radius 3 is 2.80 bits per heavy atom. The molecule has 1 N–H and O–H groups in total. The second-order valence-electron chi connectivity index (χ2n) is 7.38. The Kier molecular flexibility index (Phi) is 5.77. The van der Waals surface area contributed by atoms with Crippen molar-refractivity contribution in [2.45, 2.75) is 38.3 Å². The summed E-state index contributed by atoms with van der Waals surface area (Å²) >= 11 is 0. The molecule has 0 bridgehead atoms. The van der Waals surface area contributed by atoms with Gasteiger partial charge in [0.2, 0.25) is 5.91 Å². The molecule has 160 valence electrons. The summed E-state index contributed by atoms with van der Waals surface area (Å²) in [4.78, 5) is 28.6. The first-order valence-electron chi connectivity index (χ1n) is 10.1. The summed E-state index contributed by atoms with van der Waals surface area (Å²) < 4.78 is 20.1. The van der Waals surface area contributed by atoms with Crippen LogP contribution in [0.25, 0.3) is 0 Å². The number of aromatic nitrogens is 4. The van der Waals surface area contributed by atoms with Crippen LogP contribution < -0.4 is 15.1 Å². The normalized spacial score (nSPS) is 19.8. The van der Waals surface area contributed by atoms with Gasteiger partial charge in [0.15, 0.2) is 6.33 Å². The van der Waals surface area contributed by atoms with E-state index in [1.807, 2.05) is 4.90 Å². The van der Waals surface area contributed by atoms with E-state index in [2.05, 4.69) is 20.7 Å². The van der Waals surface area contributed by atoms with E-state index in [0.717, 1.165) is 12.8 Å². The van der Waals surface area contributed by atoms with E-state index in [1.165, 1.54) is 17.3 Å². The molecule has 0 radical (unpaired) electrons. The summed E-state index contributed by atoms with van der Waals surface area (Å²) in [6, 6.07) is 4.93. The van der Waals surface area contributed by atoms with Crippen molar-refractivity contribution >= 4 is 23.4 Å². The lowest BCUT2D eigenvalue weighted by atomic mass is 10.0. The van der Waals surface area contributed by atoms with E-state index < -0.39 is 12.2 Å². The molecule has 1 atom stereocenters. The predicted octanol–water partition coefficient (Wildman–Crippen LogP) is 1.51. The lowest BCUT2D eigenvalue weighted by Crippen LogP contribution is -2.36. The number of nitrogens with one attached hydrogen (secondary N) is 1. The van der Waals surface area contributed by atoms with Gasteiger partial charge >= 0.3 is 6.09 Å². The standard InChI is InChI=1S/C19H24FN7O3/c1-2-18(28)21-10-15-11-26(19(29)30-15)14-3-4-17(16(20)9-14)25-7-5-13(6-8-25)27-23-12-22-24-27/h3-4,9,12-13,15H,2,5-8,10-11H2,1H3,(H,21,28). The average molecular weight is 417 g/mol. The van der Waals surface area contributed by atoms with Crippen LogP contribution in [0.4, 0.5) is 20.6 Å². The highest BCUT2D eigenvalue weighted by molar-refractivity contribution is 5.90. The van der Waals surface area contributed by atoms with E-state index in [1.54, 1.807) is 23.9 Å². The molecule has 1 aromatic heterocycles. The molecule has 2 aromatic rings. The molecule has 1 aromatic carbocycles. The number of hydrogen-bond donors (Lipinski definition) is 1. The molecule has 2 saturated heterocycles. The molecule has 2 aliphatic heterocycles. The van der Waals surface area contributed by atoms with Gasteiger partial charge in [0, 0.05) is 19.5 Å². The number of ether oxygens (including phenoxy) is 1. The highest BCUT2D eigenvalue weighted by Crippen LogP contribution is 2.31. The molecule has 2 fully saturated rings. The maximum Gasteiger partial charge on any atom is 0.414 e. The molecule has 1 unspecified atom stereocenters. The predicted molar refractivity (Wildman–Crippen MR) is 106 cm³/mol. The molecule has 4 rings (SSSR count). The molecule has 0 aliphatic carbocycles. The number of halogens is 1. The van der Waals surface area contributed by atoms with Gasteiger partial charge in [-0.25, -0.2) is 9.18 Å². The lowest BCUT2D eigenvalue weighted by Gasteiger charge is -2.33. The fourth-order valence-electron chi connectivity index (χ4n) is 3.79. The molecular formula is C19H24FN7O3. The van der Waals surface area contributed by atoms with Crippen molar-refractivity contribution in [3.05, 3.63) is 30.3 Å². The third kappa shape index (κ3) is 4.19. The van der Waals surface area contributed by atoms with Crippen molar-refractivity contribution in [3.8, 4) is 0 Å². The first kappa shape index (κ1) is 20.0. The number of rotatable bonds is 6. The number of nitrogens with zero attached hydrogens (tertiary/aromatic N) is 6. The van der Waals surface area contributed by atoms with Gasteiger partial charge in [-0.2, -0.15) is 4.80 Å². The van der Waals surface area contributed by atoms with E-state index >= 15 is 0 Å². The third-order valence-corrected chi connectivity index (χ3v) is 5.46. The number of carbonyl (C=O) groups is 2. The SMILES string of the molecule is CCC(=O)NCC1CN(c2ccc(N3CCC(n4ncnn4)CC3)c(F)c2)C(=O)O1. The van der Waals surface area contributed by atoms with Crippen LogP contribution >= 0.6 is 0 Å². The average Bonchev–Trinajstić information content (AvgIpc) is 3.42. The fourth-order valence-corrected chi connectivity index (χ4v) is 3.79. The highest BCUT2D eigenvalue weighted by atomic mass is 19.1. The minimum Gasteiger partial charge on any atom is -0.442 e. The van der Waals surface area contributed by atoms with E-state index in [4.69, 9.17) is 4.74 Å². The Morgan fingerprint density at radius 1 is 1.33 bits per heavy atom. The van der Waals surface area contributed by atoms with Gasteiger partial charge in [0.25, 0.3) is 0 Å². The summed E-state index contributed by atoms with van der Waals surface area (Å²) in [5, 5.41) is 14.5. The minimum atomic E-state index is -0.543. The van der Waals surface area contributed by atoms with Gasteiger partial charge < -0.3 is 15.0 Å². The van der Waals surface area contributed by atoms with E-state index in [9.17, 15) is 14.0 Å². The molecule has 0 saturated carbocycles. The number of carbonyl (C=O) groups excluding carboxylic acids is 2. The lowest BCUT2D eigenvalue weighted by molar-refractivity contribution is -0.121. The van der Waals surface area contributed by atoms with Crippen LogP contribution in [0.3, 0.4) is 0 Å². The summed E-state index contributed by atoms with van der Waals surface area (Å²) in [6.07, 6.45) is 2.36. The molecule has 10 nitrogen and oxygen atoms in total. The van der Waals surface area contributed by atoms with Crippen molar-refractivity contribution in [2.75, 3.05) is 36.0 Å². The highest BCUT2D eigenvalue weighted by Gasteiger charge is 2.33. The zero-order valence-corrected chi connectivity index (χ0v) is 16.7. The molecule has 11 heteroatoms. The summed E-state index contributed by atoms with van der Waals surface area (Å²) in [7, 11) is 0. The van der Waals surface area contributed by atoms with Crippen molar-refractivity contribution in [1.82, 2.24) is 25.5 Å². The van der Waals surface area contributed by atoms with Crippen LogP contribution in [-0.2, 0) is 9.53 Å². The van der Waals surface area contributed by atoms with Gasteiger partial charge in [-0.05, 0) is 36.3 Å². The smallest absolute Gasteiger partial charge is 0.414 e. The van der Waals surface area contributed by atoms with Gasteiger partial charge in [0.05, 0.1) is 30.5 Å². The molecule has 30 heavy (non-hydrogen) atoms. The van der Waals surface area contributed by atoms with Crippen LogP contribution in [0.15, 0.2) is 24.5 Å². The zero-order chi connectivity index (χ0) is 21.1. The number of anilines is 2. The van der Waals surface area contributed by atoms with E-state index in [-0.39, 0.29) is 30.9 Å². The second-order valence-corrected chi connectivity index (χ2v) is 7.38. The van der Waals surface area contributed by atoms with Crippen molar-refractivity contribution < 1.29 is 18.7 Å². The summed E-state index contributed by atoms with van der Waals surface area (Å²) in [5.74, 6) is -0.497. The Morgan fingerprint density at radius 2 is 2.13 bits per heavy atom. The van der Waals surface area contributed by atoms with Crippen molar-refractivity contribution in [2.24, 2.45) is 0 Å². The number of benzene rings is 1. The van der Waals surface area contributed by atoms with Crippen molar-refractivity contribution in [3.63, 3.8) is 0 Å². The minimum absolute atomic E-state index is 0.108. The second kappa shape index (κ2) is 8.64. The van der Waals surface area contributed by atoms with Crippen LogP contribution in [0, 0.1) is 5.82 Å². The van der Waals surface area contributed by atoms with Gasteiger partial charge in [-0.15, -0.1) is 10.2 Å². The third-order valence-electron chi connectivity index (χ3n) is 5.46. The molecule has 2 amide bonds. The quantitative estimate of drug-likeness (QED) is 0.759. The summed E-state index contributed by atoms with van der Waals surface area (Å²) in [6.45, 7) is 3.60. The summed E-state index contributed by atoms with van der Waals surface area (Å²) in [5.41, 5.74) is 0.940. The number of piperidine rings is 1. The number of cyclic esters (lactones) is 1. The molecule has 0 spiro atoms. The molecule has 3 heterocycles. The number of hydrogen-bond acceptors (Lipinski definition) is 7.